The molecule has 0 saturated heterocycles. The summed E-state index contributed by atoms with van der Waals surface area (Å²) in [6, 6.07) is 3.42. The largest absolute Gasteiger partial charge is 0.479 e. The summed E-state index contributed by atoms with van der Waals surface area (Å²) in [5.74, 6) is 3.37. The minimum Gasteiger partial charge on any atom is -0.479 e. The highest BCUT2D eigenvalue weighted by atomic mass is 79.9. The van der Waals surface area contributed by atoms with E-state index in [4.69, 9.17) is 16.3 Å². The quantitative estimate of drug-likeness (QED) is 0.340. The number of nitrogens with zero attached hydrogens (tertiary/aromatic N) is 1. The fraction of sp³-hybridized carbons (Fsp3) is 0.471. The lowest BCUT2D eigenvalue weighted by Crippen LogP contribution is -2.37. The number of aromatic nitrogens is 1. The molecule has 2 atom stereocenters. The summed E-state index contributed by atoms with van der Waals surface area (Å²) in [7, 11) is -1.82. The molecule has 132 valence electrons. The molecule has 0 aliphatic heterocycles. The molecule has 1 N–H and O–H groups in total. The number of halogens is 3. The van der Waals surface area contributed by atoms with Gasteiger partial charge in [-0.2, -0.15) is 0 Å². The van der Waals surface area contributed by atoms with Crippen molar-refractivity contribution in [1.82, 2.24) is 4.98 Å². The second-order valence-corrected chi connectivity index (χ2v) is 15.1. The minimum absolute atomic E-state index is 0.120. The summed E-state index contributed by atoms with van der Waals surface area (Å²) in [4.78, 5) is 3.97. The monoisotopic (exact) mass is 493 g/mol. The Labute approximate surface area is 167 Å². The van der Waals surface area contributed by atoms with Gasteiger partial charge in [0.05, 0.1) is 3.39 Å². The molecule has 7 heteroatoms. The molecule has 0 fully saturated rings. The molecular formula is C17H22Br2ClNO2Si. The zero-order chi connectivity index (χ0) is 18.5. The number of ether oxygens (including phenoxy) is 1. The van der Waals surface area contributed by atoms with Gasteiger partial charge in [0.2, 0.25) is 0 Å². The van der Waals surface area contributed by atoms with E-state index in [9.17, 15) is 5.11 Å². The van der Waals surface area contributed by atoms with E-state index in [0.29, 0.717) is 9.14 Å². The molecule has 3 nitrogen and oxygen atoms in total. The molecule has 0 aliphatic rings. The van der Waals surface area contributed by atoms with Crippen LogP contribution in [0.1, 0.15) is 20.8 Å². The van der Waals surface area contributed by atoms with E-state index < -0.39 is 20.3 Å². The van der Waals surface area contributed by atoms with E-state index in [1.54, 1.807) is 24.4 Å². The third-order valence-corrected chi connectivity index (χ3v) is 9.33. The van der Waals surface area contributed by atoms with Crippen molar-refractivity contribution < 1.29 is 9.84 Å². The van der Waals surface area contributed by atoms with E-state index in [0.717, 1.165) is 0 Å². The van der Waals surface area contributed by atoms with Crippen molar-refractivity contribution in [2.75, 3.05) is 0 Å². The standard InChI is InChI=1S/C17H22Br2ClNO2Si/c1-17(2,3)24(4,5)10-8-12(22)14(11-15(18)19)23-13-7-6-9-21-16(13)20/h6-7,9,11-12,14,22H,1-5H3/t12-,14-/m0/s1. The summed E-state index contributed by atoms with van der Waals surface area (Å²) in [5.41, 5.74) is 3.30. The van der Waals surface area contributed by atoms with Gasteiger partial charge >= 0.3 is 0 Å². The van der Waals surface area contributed by atoms with Crippen LogP contribution in [0.5, 0.6) is 5.75 Å². The van der Waals surface area contributed by atoms with Crippen molar-refractivity contribution in [3.05, 3.63) is 33.0 Å². The van der Waals surface area contributed by atoms with Gasteiger partial charge in [0.1, 0.15) is 8.07 Å². The van der Waals surface area contributed by atoms with Gasteiger partial charge in [-0.15, -0.1) is 5.54 Å². The van der Waals surface area contributed by atoms with Crippen LogP contribution in [0.25, 0.3) is 0 Å². The second kappa shape index (κ2) is 8.86. The van der Waals surface area contributed by atoms with Crippen LogP contribution >= 0.6 is 43.5 Å². The van der Waals surface area contributed by atoms with Crippen molar-refractivity contribution in [2.45, 2.75) is 51.1 Å². The van der Waals surface area contributed by atoms with Crippen molar-refractivity contribution in [3.63, 3.8) is 0 Å². The average molecular weight is 496 g/mol. The summed E-state index contributed by atoms with van der Waals surface area (Å²) < 4.78 is 6.46. The molecule has 1 aromatic rings. The van der Waals surface area contributed by atoms with Gasteiger partial charge in [0.25, 0.3) is 0 Å². The van der Waals surface area contributed by atoms with Crippen LogP contribution in [-0.2, 0) is 0 Å². The molecule has 0 amide bonds. The van der Waals surface area contributed by atoms with Crippen LogP contribution in [-0.4, -0.2) is 30.4 Å². The molecule has 0 radical (unpaired) electrons. The van der Waals surface area contributed by atoms with Gasteiger partial charge in [-0.25, -0.2) is 4.98 Å². The maximum Gasteiger partial charge on any atom is 0.171 e. The second-order valence-electron chi connectivity index (χ2n) is 6.92. The maximum absolute atomic E-state index is 10.5. The predicted octanol–water partition coefficient (Wildman–Crippen LogP) is 5.53. The Morgan fingerprint density at radius 2 is 2.04 bits per heavy atom. The summed E-state index contributed by atoms with van der Waals surface area (Å²) in [5, 5.41) is 10.9. The number of rotatable bonds is 4. The van der Waals surface area contributed by atoms with Crippen molar-refractivity contribution in [3.8, 4) is 17.2 Å². The lowest BCUT2D eigenvalue weighted by molar-refractivity contribution is 0.104. The number of aliphatic hydroxyl groups excluding tert-OH is 1. The number of pyridine rings is 1. The molecule has 0 spiro atoms. The van der Waals surface area contributed by atoms with E-state index in [2.05, 4.69) is 82.2 Å². The SMILES string of the molecule is CC(C)(C)[Si](C)(C)C#C[C@H](O)[C@H](C=C(Br)Br)Oc1cccnc1Cl. The molecule has 0 aliphatic carbocycles. The zero-order valence-electron chi connectivity index (χ0n) is 14.4. The van der Waals surface area contributed by atoms with Crippen molar-refractivity contribution in [1.29, 1.82) is 0 Å². The fourth-order valence-corrected chi connectivity index (χ4v) is 3.01. The van der Waals surface area contributed by atoms with E-state index in [-0.39, 0.29) is 10.2 Å². The Hall–Kier alpha value is -0.323. The maximum atomic E-state index is 10.5. The molecule has 1 rings (SSSR count). The van der Waals surface area contributed by atoms with Crippen molar-refractivity contribution >= 4 is 51.5 Å². The van der Waals surface area contributed by atoms with Gasteiger partial charge in [-0.05, 0) is 55.1 Å². The predicted molar refractivity (Wildman–Crippen MR) is 111 cm³/mol. The Morgan fingerprint density at radius 1 is 1.42 bits per heavy atom. The molecule has 0 unspecified atom stereocenters. The van der Waals surface area contributed by atoms with Gasteiger partial charge < -0.3 is 9.84 Å². The molecule has 24 heavy (non-hydrogen) atoms. The smallest absolute Gasteiger partial charge is 0.171 e. The molecule has 0 bridgehead atoms. The van der Waals surface area contributed by atoms with Gasteiger partial charge in [0, 0.05) is 6.20 Å². The van der Waals surface area contributed by atoms with Crippen LogP contribution < -0.4 is 4.74 Å². The average Bonchev–Trinajstić information content (AvgIpc) is 2.44. The highest BCUT2D eigenvalue weighted by Gasteiger charge is 2.34. The Balaban J connectivity index is 3.06. The molecule has 1 heterocycles. The first-order valence-electron chi connectivity index (χ1n) is 7.45. The van der Waals surface area contributed by atoms with Crippen LogP contribution in [0.2, 0.25) is 23.3 Å². The summed E-state index contributed by atoms with van der Waals surface area (Å²) >= 11 is 12.6. The summed E-state index contributed by atoms with van der Waals surface area (Å²) in [6.07, 6.45) is 1.60. The lowest BCUT2D eigenvalue weighted by atomic mass is 10.2. The van der Waals surface area contributed by atoms with Crippen LogP contribution in [0.3, 0.4) is 0 Å². The first kappa shape index (κ1) is 21.7. The van der Waals surface area contributed by atoms with Crippen molar-refractivity contribution in [2.24, 2.45) is 0 Å². The number of hydrogen-bond donors (Lipinski definition) is 1. The van der Waals surface area contributed by atoms with Crippen LogP contribution in [0.15, 0.2) is 27.8 Å². The van der Waals surface area contributed by atoms with Crippen LogP contribution in [0, 0.1) is 11.5 Å². The molecule has 1 aromatic heterocycles. The Kier molecular flexibility index (Phi) is 8.02. The van der Waals surface area contributed by atoms with Gasteiger partial charge in [0.15, 0.2) is 23.1 Å². The van der Waals surface area contributed by atoms with Gasteiger partial charge in [-0.1, -0.05) is 51.4 Å². The Bertz CT molecular complexity index is 659. The molecule has 0 saturated carbocycles. The first-order valence-corrected chi connectivity index (χ1v) is 12.4. The number of aliphatic hydroxyl groups is 1. The lowest BCUT2D eigenvalue weighted by Gasteiger charge is -2.31. The third kappa shape index (κ3) is 6.53. The highest BCUT2D eigenvalue weighted by molar-refractivity contribution is 9.28. The Morgan fingerprint density at radius 3 is 2.54 bits per heavy atom. The molecule has 0 aromatic carbocycles. The normalized spacial score (nSPS) is 14.2. The fourth-order valence-electron chi connectivity index (χ4n) is 1.44. The summed E-state index contributed by atoms with van der Waals surface area (Å²) in [6.45, 7) is 10.9. The first-order chi connectivity index (χ1) is 10.9. The van der Waals surface area contributed by atoms with Gasteiger partial charge in [-0.3, -0.25) is 0 Å². The zero-order valence-corrected chi connectivity index (χ0v) is 19.3. The van der Waals surface area contributed by atoms with Crippen LogP contribution in [0.4, 0.5) is 0 Å². The topological polar surface area (TPSA) is 42.4 Å². The minimum atomic E-state index is -1.82. The third-order valence-electron chi connectivity index (χ3n) is 4.00. The number of hydrogen-bond acceptors (Lipinski definition) is 3. The van der Waals surface area contributed by atoms with E-state index >= 15 is 0 Å². The molecular weight excluding hydrogens is 474 g/mol. The van der Waals surface area contributed by atoms with E-state index in [1.807, 2.05) is 0 Å². The highest BCUT2D eigenvalue weighted by Crippen LogP contribution is 2.35. The van der Waals surface area contributed by atoms with E-state index in [1.165, 1.54) is 0 Å².